The molecule has 1 amide bonds. The van der Waals surface area contributed by atoms with Gasteiger partial charge < -0.3 is 5.32 Å². The maximum Gasteiger partial charge on any atom is 0.251 e. The molecule has 0 heterocycles. The number of sulfonamides is 1. The summed E-state index contributed by atoms with van der Waals surface area (Å²) in [5, 5.41) is 4.15. The van der Waals surface area contributed by atoms with Crippen molar-refractivity contribution in [1.82, 2.24) is 5.32 Å². The van der Waals surface area contributed by atoms with Crippen molar-refractivity contribution < 1.29 is 13.2 Å². The van der Waals surface area contributed by atoms with Crippen molar-refractivity contribution in [3.8, 4) is 0 Å². The molecule has 9 heteroatoms. The van der Waals surface area contributed by atoms with E-state index in [2.05, 4.69) is 5.32 Å². The lowest BCUT2D eigenvalue weighted by Crippen LogP contribution is -2.29. The molecule has 0 aromatic heterocycles. The number of halogens is 3. The van der Waals surface area contributed by atoms with Gasteiger partial charge in [-0.3, -0.25) is 9.10 Å². The number of anilines is 1. The van der Waals surface area contributed by atoms with Crippen molar-refractivity contribution in [2.24, 2.45) is 0 Å². The van der Waals surface area contributed by atoms with E-state index in [4.69, 9.17) is 34.8 Å². The average molecular weight is 498 g/mol. The van der Waals surface area contributed by atoms with Gasteiger partial charge in [0.15, 0.2) is 0 Å². The number of benzene rings is 3. The third-order valence-corrected chi connectivity index (χ3v) is 6.27. The Kier molecular flexibility index (Phi) is 7.49. The van der Waals surface area contributed by atoms with Gasteiger partial charge in [0.1, 0.15) is 0 Å². The first-order valence-corrected chi connectivity index (χ1v) is 12.2. The fourth-order valence-corrected chi connectivity index (χ4v) is 4.41. The third-order valence-electron chi connectivity index (χ3n) is 4.44. The van der Waals surface area contributed by atoms with Gasteiger partial charge in [-0.05, 0) is 53.6 Å². The molecule has 0 spiro atoms. The smallest absolute Gasteiger partial charge is 0.251 e. The van der Waals surface area contributed by atoms with Gasteiger partial charge in [-0.1, -0.05) is 59.1 Å². The van der Waals surface area contributed by atoms with Crippen molar-refractivity contribution in [3.63, 3.8) is 0 Å². The number of amides is 1. The molecule has 3 aromatic rings. The van der Waals surface area contributed by atoms with Crippen molar-refractivity contribution in [1.29, 1.82) is 0 Å². The summed E-state index contributed by atoms with van der Waals surface area (Å²) in [6.45, 7) is 0.442. The molecule has 1 N–H and O–H groups in total. The van der Waals surface area contributed by atoms with Crippen LogP contribution in [0.5, 0.6) is 0 Å². The van der Waals surface area contributed by atoms with Crippen LogP contribution in [0.3, 0.4) is 0 Å². The van der Waals surface area contributed by atoms with Gasteiger partial charge in [0, 0.05) is 27.2 Å². The minimum Gasteiger partial charge on any atom is -0.348 e. The Balaban J connectivity index is 1.71. The van der Waals surface area contributed by atoms with Gasteiger partial charge in [-0.15, -0.1) is 0 Å². The van der Waals surface area contributed by atoms with Gasteiger partial charge in [-0.2, -0.15) is 0 Å². The number of nitrogens with one attached hydrogen (secondary N) is 1. The lowest BCUT2D eigenvalue weighted by Gasteiger charge is -2.23. The van der Waals surface area contributed by atoms with E-state index < -0.39 is 10.0 Å². The Morgan fingerprint density at radius 2 is 1.39 bits per heavy atom. The highest BCUT2D eigenvalue weighted by molar-refractivity contribution is 7.92. The van der Waals surface area contributed by atoms with E-state index in [0.29, 0.717) is 38.4 Å². The second-order valence-electron chi connectivity index (χ2n) is 6.90. The fourth-order valence-electron chi connectivity index (χ4n) is 2.90. The maximum atomic E-state index is 12.4. The topological polar surface area (TPSA) is 66.5 Å². The fraction of sp³-hybridized carbons (Fsp3) is 0.136. The normalized spacial score (nSPS) is 11.2. The van der Waals surface area contributed by atoms with Crippen LogP contribution in [0, 0.1) is 0 Å². The Bertz CT molecular complexity index is 1160. The Morgan fingerprint density at radius 3 is 1.94 bits per heavy atom. The second-order valence-corrected chi connectivity index (χ2v) is 10.1. The molecule has 0 aliphatic carbocycles. The largest absolute Gasteiger partial charge is 0.348 e. The van der Waals surface area contributed by atoms with Crippen molar-refractivity contribution >= 4 is 56.4 Å². The molecular formula is C22H19Cl3N2O3S. The van der Waals surface area contributed by atoms with Gasteiger partial charge in [-0.25, -0.2) is 8.42 Å². The Hall–Kier alpha value is -2.25. The zero-order valence-corrected chi connectivity index (χ0v) is 19.6. The number of rotatable bonds is 7. The van der Waals surface area contributed by atoms with Gasteiger partial charge >= 0.3 is 0 Å². The molecule has 0 unspecified atom stereocenters. The molecular weight excluding hydrogens is 479 g/mol. The summed E-state index contributed by atoms with van der Waals surface area (Å²) in [7, 11) is -3.59. The average Bonchev–Trinajstić information content (AvgIpc) is 2.70. The Labute approximate surface area is 196 Å². The minimum absolute atomic E-state index is 0.0716. The lowest BCUT2D eigenvalue weighted by atomic mass is 10.1. The van der Waals surface area contributed by atoms with Crippen molar-refractivity contribution in [2.75, 3.05) is 10.6 Å². The van der Waals surface area contributed by atoms with Crippen LogP contribution in [0.1, 0.15) is 21.5 Å². The van der Waals surface area contributed by atoms with Crippen LogP contribution in [-0.2, 0) is 23.1 Å². The summed E-state index contributed by atoms with van der Waals surface area (Å²) < 4.78 is 25.9. The van der Waals surface area contributed by atoms with E-state index >= 15 is 0 Å². The molecule has 0 saturated heterocycles. The van der Waals surface area contributed by atoms with Crippen LogP contribution in [0.4, 0.5) is 5.69 Å². The monoisotopic (exact) mass is 496 g/mol. The van der Waals surface area contributed by atoms with Crippen LogP contribution in [0.15, 0.2) is 66.7 Å². The summed E-state index contributed by atoms with van der Waals surface area (Å²) in [5.41, 5.74) is 2.47. The van der Waals surface area contributed by atoms with Gasteiger partial charge in [0.2, 0.25) is 10.0 Å². The summed E-state index contributed by atoms with van der Waals surface area (Å²) in [5.74, 6) is -0.233. The molecule has 0 atom stereocenters. The molecule has 162 valence electrons. The highest BCUT2D eigenvalue weighted by atomic mass is 35.5. The quantitative estimate of drug-likeness (QED) is 0.466. The van der Waals surface area contributed by atoms with Crippen LogP contribution in [-0.4, -0.2) is 20.6 Å². The summed E-state index contributed by atoms with van der Waals surface area (Å²) in [4.78, 5) is 12.4. The first kappa shape index (κ1) is 23.4. The third kappa shape index (κ3) is 6.61. The van der Waals surface area contributed by atoms with Crippen molar-refractivity contribution in [2.45, 2.75) is 13.1 Å². The molecule has 31 heavy (non-hydrogen) atoms. The number of hydrogen-bond acceptors (Lipinski definition) is 3. The molecule has 0 radical (unpaired) electrons. The predicted octanol–water partition coefficient (Wildman–Crippen LogP) is 5.54. The standard InChI is InChI=1S/C22H19Cl3N2O3S/c1-31(29,30)27(21-11-19(24)10-20(25)12-21)14-16-2-6-17(7-3-16)22(28)26-13-15-4-8-18(23)9-5-15/h2-12H,13-14H2,1H3,(H,26,28). The van der Waals surface area contributed by atoms with Crippen molar-refractivity contribution in [3.05, 3.63) is 98.5 Å². The van der Waals surface area contributed by atoms with E-state index in [9.17, 15) is 13.2 Å². The first-order valence-electron chi connectivity index (χ1n) is 9.17. The van der Waals surface area contributed by atoms with Gasteiger partial charge in [0.25, 0.3) is 5.91 Å². The number of carbonyl (C=O) groups excluding carboxylic acids is 1. The molecule has 0 saturated carbocycles. The van der Waals surface area contributed by atoms with Gasteiger partial charge in [0.05, 0.1) is 18.5 Å². The number of hydrogen-bond donors (Lipinski definition) is 1. The highest BCUT2D eigenvalue weighted by Gasteiger charge is 2.19. The molecule has 0 aliphatic heterocycles. The SMILES string of the molecule is CS(=O)(=O)N(Cc1ccc(C(=O)NCc2ccc(Cl)cc2)cc1)c1cc(Cl)cc(Cl)c1. The second kappa shape index (κ2) is 9.92. The molecule has 3 rings (SSSR count). The van der Waals surface area contributed by atoms with E-state index in [1.54, 1.807) is 36.4 Å². The van der Waals surface area contributed by atoms with E-state index in [1.807, 2.05) is 12.1 Å². The van der Waals surface area contributed by atoms with Crippen LogP contribution >= 0.6 is 34.8 Å². The maximum absolute atomic E-state index is 12.4. The number of nitrogens with zero attached hydrogens (tertiary/aromatic N) is 1. The molecule has 0 fully saturated rings. The summed E-state index contributed by atoms with van der Waals surface area (Å²) >= 11 is 17.9. The zero-order chi connectivity index (χ0) is 22.6. The molecule has 5 nitrogen and oxygen atoms in total. The highest BCUT2D eigenvalue weighted by Crippen LogP contribution is 2.28. The number of carbonyl (C=O) groups is 1. The van der Waals surface area contributed by atoms with E-state index in [0.717, 1.165) is 11.8 Å². The Morgan fingerprint density at radius 1 is 0.839 bits per heavy atom. The van der Waals surface area contributed by atoms with Crippen LogP contribution in [0.25, 0.3) is 0 Å². The lowest BCUT2D eigenvalue weighted by molar-refractivity contribution is 0.0951. The van der Waals surface area contributed by atoms with Crippen LogP contribution < -0.4 is 9.62 Å². The molecule has 0 bridgehead atoms. The predicted molar refractivity (Wildman–Crippen MR) is 127 cm³/mol. The first-order chi connectivity index (χ1) is 14.6. The minimum atomic E-state index is -3.59. The van der Waals surface area contributed by atoms with E-state index in [1.165, 1.54) is 22.5 Å². The molecule has 0 aliphatic rings. The summed E-state index contributed by atoms with van der Waals surface area (Å²) in [6, 6.07) is 18.5. The van der Waals surface area contributed by atoms with Crippen LogP contribution in [0.2, 0.25) is 15.1 Å². The zero-order valence-electron chi connectivity index (χ0n) is 16.5. The van der Waals surface area contributed by atoms with E-state index in [-0.39, 0.29) is 12.5 Å². The summed E-state index contributed by atoms with van der Waals surface area (Å²) in [6.07, 6.45) is 1.11. The molecule has 3 aromatic carbocycles.